The summed E-state index contributed by atoms with van der Waals surface area (Å²) < 4.78 is 1.90. The van der Waals surface area contributed by atoms with Gasteiger partial charge in [-0.1, -0.05) is 26.0 Å². The van der Waals surface area contributed by atoms with E-state index in [9.17, 15) is 0 Å². The highest BCUT2D eigenvalue weighted by Crippen LogP contribution is 2.16. The second-order valence-electron chi connectivity index (χ2n) is 4.54. The summed E-state index contributed by atoms with van der Waals surface area (Å²) in [6.07, 6.45) is 2.81. The van der Waals surface area contributed by atoms with Crippen LogP contribution in [0.2, 0.25) is 0 Å². The molecule has 3 heteroatoms. The maximum atomic E-state index is 5.51. The van der Waals surface area contributed by atoms with E-state index >= 15 is 0 Å². The predicted octanol–water partition coefficient (Wildman–Crippen LogP) is 2.50. The Morgan fingerprint density at radius 2 is 1.88 bits per heavy atom. The van der Waals surface area contributed by atoms with Crippen LogP contribution in [0, 0.1) is 0 Å². The first kappa shape index (κ1) is 11.9. The molecule has 0 unspecified atom stereocenters. The highest BCUT2D eigenvalue weighted by Gasteiger charge is 2.02. The SMILES string of the molecule is CC(C)c1ccc(-n2ccc(CCN)n2)cc1. The highest BCUT2D eigenvalue weighted by molar-refractivity contribution is 5.35. The summed E-state index contributed by atoms with van der Waals surface area (Å²) in [4.78, 5) is 0. The summed E-state index contributed by atoms with van der Waals surface area (Å²) in [7, 11) is 0. The van der Waals surface area contributed by atoms with Crippen LogP contribution >= 0.6 is 0 Å². The van der Waals surface area contributed by atoms with E-state index in [1.54, 1.807) is 0 Å². The van der Waals surface area contributed by atoms with Gasteiger partial charge < -0.3 is 5.73 Å². The standard InChI is InChI=1S/C14H19N3/c1-11(2)12-3-5-14(6-4-12)17-10-8-13(16-17)7-9-15/h3-6,8,10-11H,7,9,15H2,1-2H3. The van der Waals surface area contributed by atoms with Crippen molar-refractivity contribution in [1.82, 2.24) is 9.78 Å². The molecule has 0 aliphatic rings. The first-order valence-corrected chi connectivity index (χ1v) is 6.05. The van der Waals surface area contributed by atoms with Crippen molar-refractivity contribution in [2.75, 3.05) is 6.54 Å². The number of nitrogens with two attached hydrogens (primary N) is 1. The number of aromatic nitrogens is 2. The highest BCUT2D eigenvalue weighted by atomic mass is 15.3. The zero-order valence-electron chi connectivity index (χ0n) is 10.4. The Bertz CT molecular complexity index is 468. The molecule has 2 N–H and O–H groups in total. The zero-order valence-corrected chi connectivity index (χ0v) is 10.4. The molecule has 1 heterocycles. The van der Waals surface area contributed by atoms with E-state index in [0.29, 0.717) is 12.5 Å². The van der Waals surface area contributed by atoms with E-state index in [2.05, 4.69) is 43.2 Å². The van der Waals surface area contributed by atoms with Crippen molar-refractivity contribution >= 4 is 0 Å². The second kappa shape index (κ2) is 5.15. The normalized spacial score (nSPS) is 11.1. The lowest BCUT2D eigenvalue weighted by Crippen LogP contribution is -2.04. The van der Waals surface area contributed by atoms with Crippen LogP contribution in [0.5, 0.6) is 0 Å². The summed E-state index contributed by atoms with van der Waals surface area (Å²) in [5, 5.41) is 4.48. The van der Waals surface area contributed by atoms with Gasteiger partial charge in [0.1, 0.15) is 0 Å². The van der Waals surface area contributed by atoms with Crippen molar-refractivity contribution in [3.05, 3.63) is 47.8 Å². The molecule has 0 saturated carbocycles. The molecule has 1 aromatic carbocycles. The molecule has 0 atom stereocenters. The fraction of sp³-hybridized carbons (Fsp3) is 0.357. The molecule has 0 fully saturated rings. The van der Waals surface area contributed by atoms with Gasteiger partial charge in [-0.15, -0.1) is 0 Å². The van der Waals surface area contributed by atoms with Crippen molar-refractivity contribution in [2.24, 2.45) is 5.73 Å². The number of benzene rings is 1. The molecular formula is C14H19N3. The first-order chi connectivity index (χ1) is 8.20. The smallest absolute Gasteiger partial charge is 0.0645 e. The Morgan fingerprint density at radius 1 is 1.18 bits per heavy atom. The van der Waals surface area contributed by atoms with Crippen LogP contribution in [0.1, 0.15) is 31.0 Å². The molecule has 0 spiro atoms. The van der Waals surface area contributed by atoms with Gasteiger partial charge in [0.25, 0.3) is 0 Å². The van der Waals surface area contributed by atoms with Crippen LogP contribution in [-0.4, -0.2) is 16.3 Å². The second-order valence-corrected chi connectivity index (χ2v) is 4.54. The maximum absolute atomic E-state index is 5.51. The molecule has 2 rings (SSSR count). The molecule has 0 saturated heterocycles. The molecule has 17 heavy (non-hydrogen) atoms. The van der Waals surface area contributed by atoms with Gasteiger partial charge in [0.05, 0.1) is 11.4 Å². The lowest BCUT2D eigenvalue weighted by atomic mass is 10.0. The molecule has 2 aromatic rings. The third kappa shape index (κ3) is 2.74. The van der Waals surface area contributed by atoms with Crippen molar-refractivity contribution in [2.45, 2.75) is 26.2 Å². The molecule has 0 aliphatic carbocycles. The third-order valence-corrected chi connectivity index (χ3v) is 2.87. The van der Waals surface area contributed by atoms with E-state index in [4.69, 9.17) is 5.73 Å². The van der Waals surface area contributed by atoms with E-state index in [-0.39, 0.29) is 0 Å². The van der Waals surface area contributed by atoms with Crippen LogP contribution < -0.4 is 5.73 Å². The monoisotopic (exact) mass is 229 g/mol. The summed E-state index contributed by atoms with van der Waals surface area (Å²) in [6, 6.07) is 10.5. The molecule has 1 aromatic heterocycles. The van der Waals surface area contributed by atoms with Gasteiger partial charge >= 0.3 is 0 Å². The van der Waals surface area contributed by atoms with Crippen LogP contribution in [0.25, 0.3) is 5.69 Å². The van der Waals surface area contributed by atoms with Gasteiger partial charge in [-0.2, -0.15) is 5.10 Å². The zero-order chi connectivity index (χ0) is 12.3. The van der Waals surface area contributed by atoms with Gasteiger partial charge in [0.2, 0.25) is 0 Å². The van der Waals surface area contributed by atoms with E-state index in [0.717, 1.165) is 17.8 Å². The number of rotatable bonds is 4. The molecule has 0 bridgehead atoms. The van der Waals surface area contributed by atoms with Crippen molar-refractivity contribution < 1.29 is 0 Å². The van der Waals surface area contributed by atoms with Gasteiger partial charge in [-0.05, 0) is 36.2 Å². The Kier molecular flexibility index (Phi) is 3.59. The maximum Gasteiger partial charge on any atom is 0.0645 e. The molecule has 0 amide bonds. The number of hydrogen-bond acceptors (Lipinski definition) is 2. The Hall–Kier alpha value is -1.61. The van der Waals surface area contributed by atoms with Gasteiger partial charge in [-0.25, -0.2) is 4.68 Å². The largest absolute Gasteiger partial charge is 0.330 e. The molecular weight excluding hydrogens is 210 g/mol. The van der Waals surface area contributed by atoms with Crippen LogP contribution in [0.15, 0.2) is 36.5 Å². The van der Waals surface area contributed by atoms with Gasteiger partial charge in [0, 0.05) is 12.6 Å². The Balaban J connectivity index is 2.21. The lowest BCUT2D eigenvalue weighted by molar-refractivity contribution is 0.817. The minimum absolute atomic E-state index is 0.564. The summed E-state index contributed by atoms with van der Waals surface area (Å²) in [6.45, 7) is 5.04. The fourth-order valence-corrected chi connectivity index (χ4v) is 1.80. The first-order valence-electron chi connectivity index (χ1n) is 6.05. The molecule has 0 radical (unpaired) electrons. The fourth-order valence-electron chi connectivity index (χ4n) is 1.80. The molecule has 3 nitrogen and oxygen atoms in total. The van der Waals surface area contributed by atoms with Gasteiger partial charge in [-0.3, -0.25) is 0 Å². The predicted molar refractivity (Wildman–Crippen MR) is 70.4 cm³/mol. The summed E-state index contributed by atoms with van der Waals surface area (Å²) in [5.74, 6) is 0.564. The number of hydrogen-bond donors (Lipinski definition) is 1. The Labute approximate surface area is 102 Å². The van der Waals surface area contributed by atoms with E-state index in [1.165, 1.54) is 5.56 Å². The van der Waals surface area contributed by atoms with Crippen LogP contribution in [0.4, 0.5) is 0 Å². The van der Waals surface area contributed by atoms with E-state index < -0.39 is 0 Å². The summed E-state index contributed by atoms with van der Waals surface area (Å²) in [5.41, 5.74) is 9.00. The van der Waals surface area contributed by atoms with Gasteiger partial charge in [0.15, 0.2) is 0 Å². The third-order valence-electron chi connectivity index (χ3n) is 2.87. The molecule has 0 aliphatic heterocycles. The average Bonchev–Trinajstić information content (AvgIpc) is 2.78. The van der Waals surface area contributed by atoms with Crippen molar-refractivity contribution in [1.29, 1.82) is 0 Å². The molecule has 90 valence electrons. The van der Waals surface area contributed by atoms with Crippen molar-refractivity contribution in [3.8, 4) is 5.69 Å². The summed E-state index contributed by atoms with van der Waals surface area (Å²) >= 11 is 0. The lowest BCUT2D eigenvalue weighted by Gasteiger charge is -2.06. The van der Waals surface area contributed by atoms with Crippen LogP contribution in [0.3, 0.4) is 0 Å². The van der Waals surface area contributed by atoms with Crippen molar-refractivity contribution in [3.63, 3.8) is 0 Å². The van der Waals surface area contributed by atoms with Crippen LogP contribution in [-0.2, 0) is 6.42 Å². The topological polar surface area (TPSA) is 43.8 Å². The quantitative estimate of drug-likeness (QED) is 0.875. The number of nitrogens with zero attached hydrogens (tertiary/aromatic N) is 2. The minimum atomic E-state index is 0.564. The Morgan fingerprint density at radius 3 is 2.47 bits per heavy atom. The average molecular weight is 229 g/mol. The van der Waals surface area contributed by atoms with E-state index in [1.807, 2.05) is 16.9 Å². The minimum Gasteiger partial charge on any atom is -0.330 e.